The Morgan fingerprint density at radius 2 is 1.70 bits per heavy atom. The Balaban J connectivity index is 1.93. The Morgan fingerprint density at radius 3 is 2.39 bits per heavy atom. The van der Waals surface area contributed by atoms with Crippen molar-refractivity contribution in [2.75, 3.05) is 14.2 Å². The van der Waals surface area contributed by atoms with Crippen LogP contribution in [0.15, 0.2) is 60.9 Å². The molecule has 4 nitrogen and oxygen atoms in total. The van der Waals surface area contributed by atoms with Crippen LogP contribution in [0.5, 0.6) is 0 Å². The Labute approximate surface area is 135 Å². The van der Waals surface area contributed by atoms with Gasteiger partial charge in [0.05, 0.1) is 20.5 Å². The van der Waals surface area contributed by atoms with Gasteiger partial charge >= 0.3 is 5.97 Å². The van der Waals surface area contributed by atoms with Gasteiger partial charge in [0.15, 0.2) is 0 Å². The second-order valence-electron chi connectivity index (χ2n) is 5.23. The van der Waals surface area contributed by atoms with Gasteiger partial charge in [0.1, 0.15) is 17.8 Å². The first kappa shape index (κ1) is 15.3. The van der Waals surface area contributed by atoms with Crippen LogP contribution in [-0.4, -0.2) is 20.2 Å². The van der Waals surface area contributed by atoms with Crippen LogP contribution in [0.3, 0.4) is 0 Å². The van der Waals surface area contributed by atoms with Crippen LogP contribution in [0.1, 0.15) is 28.9 Å². The number of hydrogen-bond donors (Lipinski definition) is 0. The SMILES string of the molecule is COC=C(C(=O)OC)c1ccccc1[C@@H]1O[C@H]1c1ccccc1. The third-order valence-electron chi connectivity index (χ3n) is 3.82. The summed E-state index contributed by atoms with van der Waals surface area (Å²) < 4.78 is 15.8. The van der Waals surface area contributed by atoms with Gasteiger partial charge in [-0.05, 0) is 16.7 Å². The summed E-state index contributed by atoms with van der Waals surface area (Å²) in [5, 5.41) is 0. The molecule has 0 bridgehead atoms. The lowest BCUT2D eigenvalue weighted by Gasteiger charge is -2.10. The zero-order valence-electron chi connectivity index (χ0n) is 13.1. The van der Waals surface area contributed by atoms with E-state index in [4.69, 9.17) is 14.2 Å². The molecule has 2 atom stereocenters. The minimum absolute atomic E-state index is 0.0128. The summed E-state index contributed by atoms with van der Waals surface area (Å²) in [7, 11) is 2.86. The zero-order valence-corrected chi connectivity index (χ0v) is 13.1. The fraction of sp³-hybridized carbons (Fsp3) is 0.211. The molecule has 0 amide bonds. The molecule has 2 aromatic carbocycles. The second kappa shape index (κ2) is 6.67. The van der Waals surface area contributed by atoms with Crippen LogP contribution in [0.2, 0.25) is 0 Å². The van der Waals surface area contributed by atoms with Gasteiger partial charge in [-0.15, -0.1) is 0 Å². The first-order chi connectivity index (χ1) is 11.3. The third-order valence-corrected chi connectivity index (χ3v) is 3.82. The minimum atomic E-state index is -0.434. The molecule has 1 aliphatic rings. The number of rotatable bonds is 5. The van der Waals surface area contributed by atoms with E-state index in [9.17, 15) is 4.79 Å². The van der Waals surface area contributed by atoms with E-state index < -0.39 is 5.97 Å². The molecule has 0 aromatic heterocycles. The van der Waals surface area contributed by atoms with Crippen molar-refractivity contribution in [1.82, 2.24) is 0 Å². The minimum Gasteiger partial charge on any atom is -0.503 e. The van der Waals surface area contributed by atoms with Crippen LogP contribution in [-0.2, 0) is 19.0 Å². The van der Waals surface area contributed by atoms with Gasteiger partial charge in [0.25, 0.3) is 0 Å². The highest BCUT2D eigenvalue weighted by Gasteiger charge is 2.43. The fourth-order valence-corrected chi connectivity index (χ4v) is 2.68. The predicted octanol–water partition coefficient (Wildman–Crippen LogP) is 3.66. The summed E-state index contributed by atoms with van der Waals surface area (Å²) in [5.74, 6) is -0.434. The predicted molar refractivity (Wildman–Crippen MR) is 86.5 cm³/mol. The van der Waals surface area contributed by atoms with Crippen LogP contribution in [0.25, 0.3) is 5.57 Å². The third kappa shape index (κ3) is 3.12. The molecule has 118 valence electrons. The van der Waals surface area contributed by atoms with E-state index in [1.54, 1.807) is 0 Å². The van der Waals surface area contributed by atoms with E-state index in [0.717, 1.165) is 16.7 Å². The molecule has 0 spiro atoms. The molecule has 0 saturated carbocycles. The molecule has 0 radical (unpaired) electrons. The normalized spacial score (nSPS) is 20.0. The number of hydrogen-bond acceptors (Lipinski definition) is 4. The molecule has 0 N–H and O–H groups in total. The molecule has 1 saturated heterocycles. The van der Waals surface area contributed by atoms with Gasteiger partial charge in [0, 0.05) is 0 Å². The van der Waals surface area contributed by atoms with E-state index in [-0.39, 0.29) is 12.2 Å². The largest absolute Gasteiger partial charge is 0.503 e. The van der Waals surface area contributed by atoms with Crippen LogP contribution < -0.4 is 0 Å². The van der Waals surface area contributed by atoms with Gasteiger partial charge in [-0.2, -0.15) is 0 Å². The standard InChI is InChI=1S/C19H18O4/c1-21-12-16(19(20)22-2)14-10-6-7-11-15(14)18-17(23-18)13-8-4-3-5-9-13/h3-12,17-18H,1-2H3/t17-,18-/m0/s1. The maximum atomic E-state index is 12.0. The van der Waals surface area contributed by atoms with Gasteiger partial charge in [-0.1, -0.05) is 54.6 Å². The second-order valence-corrected chi connectivity index (χ2v) is 5.23. The van der Waals surface area contributed by atoms with E-state index in [1.807, 2.05) is 54.6 Å². The summed E-state index contributed by atoms with van der Waals surface area (Å²) >= 11 is 0. The summed E-state index contributed by atoms with van der Waals surface area (Å²) in [6, 6.07) is 17.7. The number of ether oxygens (including phenoxy) is 3. The molecule has 1 fully saturated rings. The fourth-order valence-electron chi connectivity index (χ4n) is 2.68. The molecular formula is C19H18O4. The number of esters is 1. The quantitative estimate of drug-likeness (QED) is 0.366. The van der Waals surface area contributed by atoms with Crippen LogP contribution in [0.4, 0.5) is 0 Å². The topological polar surface area (TPSA) is 48.1 Å². The van der Waals surface area contributed by atoms with Crippen molar-refractivity contribution < 1.29 is 19.0 Å². The van der Waals surface area contributed by atoms with E-state index in [1.165, 1.54) is 20.5 Å². The number of carbonyl (C=O) groups is 1. The molecular weight excluding hydrogens is 292 g/mol. The van der Waals surface area contributed by atoms with Crippen molar-refractivity contribution >= 4 is 11.5 Å². The molecule has 23 heavy (non-hydrogen) atoms. The number of benzene rings is 2. The van der Waals surface area contributed by atoms with Crippen molar-refractivity contribution in [3.8, 4) is 0 Å². The Kier molecular flexibility index (Phi) is 4.44. The monoisotopic (exact) mass is 310 g/mol. The van der Waals surface area contributed by atoms with Gasteiger partial charge in [-0.25, -0.2) is 4.79 Å². The van der Waals surface area contributed by atoms with E-state index >= 15 is 0 Å². The molecule has 1 heterocycles. The van der Waals surface area contributed by atoms with Crippen LogP contribution in [0, 0.1) is 0 Å². The average molecular weight is 310 g/mol. The highest BCUT2D eigenvalue weighted by molar-refractivity contribution is 6.16. The lowest BCUT2D eigenvalue weighted by Crippen LogP contribution is -2.06. The molecule has 1 aliphatic heterocycles. The van der Waals surface area contributed by atoms with Crippen molar-refractivity contribution in [2.24, 2.45) is 0 Å². The summed E-state index contributed by atoms with van der Waals surface area (Å²) in [4.78, 5) is 12.0. The summed E-state index contributed by atoms with van der Waals surface area (Å²) in [5.41, 5.74) is 3.23. The van der Waals surface area contributed by atoms with Gasteiger partial charge < -0.3 is 14.2 Å². The molecule has 4 heteroatoms. The maximum absolute atomic E-state index is 12.0. The van der Waals surface area contributed by atoms with E-state index in [0.29, 0.717) is 5.57 Å². The van der Waals surface area contributed by atoms with Gasteiger partial charge in [-0.3, -0.25) is 0 Å². The summed E-state index contributed by atoms with van der Waals surface area (Å²) in [6.45, 7) is 0. The molecule has 0 aliphatic carbocycles. The average Bonchev–Trinajstić information content (AvgIpc) is 3.40. The molecule has 0 unspecified atom stereocenters. The lowest BCUT2D eigenvalue weighted by atomic mass is 9.95. The Hall–Kier alpha value is -2.59. The molecule has 3 rings (SSSR count). The lowest BCUT2D eigenvalue weighted by molar-refractivity contribution is -0.133. The number of methoxy groups -OCH3 is 2. The Bertz CT molecular complexity index is 721. The Morgan fingerprint density at radius 1 is 1.00 bits per heavy atom. The van der Waals surface area contributed by atoms with E-state index in [2.05, 4.69) is 0 Å². The maximum Gasteiger partial charge on any atom is 0.341 e. The molecule has 2 aromatic rings. The first-order valence-corrected chi connectivity index (χ1v) is 7.37. The van der Waals surface area contributed by atoms with Crippen molar-refractivity contribution in [1.29, 1.82) is 0 Å². The highest BCUT2D eigenvalue weighted by atomic mass is 16.6. The highest BCUT2D eigenvalue weighted by Crippen LogP contribution is 2.52. The van der Waals surface area contributed by atoms with Gasteiger partial charge in [0.2, 0.25) is 0 Å². The first-order valence-electron chi connectivity index (χ1n) is 7.37. The number of carbonyl (C=O) groups excluding carboxylic acids is 1. The number of epoxide rings is 1. The van der Waals surface area contributed by atoms with Crippen molar-refractivity contribution in [3.05, 3.63) is 77.5 Å². The summed E-state index contributed by atoms with van der Waals surface area (Å²) in [6.07, 6.45) is 1.35. The van der Waals surface area contributed by atoms with Crippen LogP contribution >= 0.6 is 0 Å². The zero-order chi connectivity index (χ0) is 16.2. The smallest absolute Gasteiger partial charge is 0.341 e. The van der Waals surface area contributed by atoms with Crippen molar-refractivity contribution in [3.63, 3.8) is 0 Å². The van der Waals surface area contributed by atoms with Crippen molar-refractivity contribution in [2.45, 2.75) is 12.2 Å².